The molecule has 0 spiro atoms. The molecule has 0 unspecified atom stereocenters. The van der Waals surface area contributed by atoms with Crippen molar-refractivity contribution in [2.24, 2.45) is 0 Å². The molecule has 8 nitrogen and oxygen atoms in total. The van der Waals surface area contributed by atoms with Gasteiger partial charge >= 0.3 is 6.01 Å². The number of nitrogens with one attached hydrogen (secondary N) is 1. The number of methoxy groups -OCH3 is 2. The molecule has 0 radical (unpaired) electrons. The molecule has 0 saturated carbocycles. The van der Waals surface area contributed by atoms with Gasteiger partial charge in [0.15, 0.2) is 5.82 Å². The molecule has 1 amide bonds. The van der Waals surface area contributed by atoms with Gasteiger partial charge in [0, 0.05) is 31.6 Å². The molecule has 8 heteroatoms. The van der Waals surface area contributed by atoms with Crippen molar-refractivity contribution in [3.63, 3.8) is 0 Å². The number of nitrogens with zero attached hydrogens (tertiary/aromatic N) is 4. The molecule has 1 fully saturated rings. The van der Waals surface area contributed by atoms with Crippen molar-refractivity contribution in [3.8, 4) is 23.1 Å². The minimum atomic E-state index is 0.244. The van der Waals surface area contributed by atoms with E-state index in [2.05, 4.69) is 20.3 Å². The summed E-state index contributed by atoms with van der Waals surface area (Å²) in [7, 11) is 3.15. The van der Waals surface area contributed by atoms with Gasteiger partial charge < -0.3 is 19.7 Å². The largest absolute Gasteiger partial charge is 0.497 e. The number of carbonyl (C=O) groups is 1. The van der Waals surface area contributed by atoms with E-state index in [1.165, 1.54) is 7.11 Å². The molecule has 1 aliphatic rings. The van der Waals surface area contributed by atoms with E-state index in [0.717, 1.165) is 37.2 Å². The molecule has 0 aliphatic carbocycles. The van der Waals surface area contributed by atoms with Gasteiger partial charge in [0.2, 0.25) is 11.9 Å². The Morgan fingerprint density at radius 2 is 1.92 bits per heavy atom. The lowest BCUT2D eigenvalue weighted by molar-refractivity contribution is -0.127. The lowest BCUT2D eigenvalue weighted by Gasteiger charge is -2.15. The van der Waals surface area contributed by atoms with Crippen LogP contribution in [0.5, 0.6) is 11.8 Å². The van der Waals surface area contributed by atoms with Crippen LogP contribution in [0.3, 0.4) is 0 Å². The summed E-state index contributed by atoms with van der Waals surface area (Å²) in [4.78, 5) is 26.5. The van der Waals surface area contributed by atoms with Crippen molar-refractivity contribution in [2.75, 3.05) is 39.2 Å². The quantitative estimate of drug-likeness (QED) is 0.723. The summed E-state index contributed by atoms with van der Waals surface area (Å²) >= 11 is 0. The third-order valence-corrected chi connectivity index (χ3v) is 4.20. The predicted octanol–water partition coefficient (Wildman–Crippen LogP) is 1.98. The van der Waals surface area contributed by atoms with Gasteiger partial charge in [-0.1, -0.05) is 0 Å². The molecule has 3 rings (SSSR count). The Morgan fingerprint density at radius 3 is 2.58 bits per heavy atom. The van der Waals surface area contributed by atoms with E-state index in [0.29, 0.717) is 24.7 Å². The first kappa shape index (κ1) is 17.9. The molecule has 1 aliphatic heterocycles. The highest BCUT2D eigenvalue weighted by Crippen LogP contribution is 2.21. The Balaban J connectivity index is 1.63. The summed E-state index contributed by atoms with van der Waals surface area (Å²) in [6, 6.07) is 7.73. The summed E-state index contributed by atoms with van der Waals surface area (Å²) < 4.78 is 10.4. The standard InChI is InChI=1S/C18H23N5O3/c1-25-14-8-6-13(7-9-14)16-20-17(22-18(21-16)26-2)19-10-4-12-23-11-3-5-15(23)24/h6-9H,3-5,10-12H2,1-2H3,(H,19,20,21,22). The van der Waals surface area contributed by atoms with Crippen LogP contribution < -0.4 is 14.8 Å². The first-order chi connectivity index (χ1) is 12.7. The van der Waals surface area contributed by atoms with Crippen LogP contribution in [0.15, 0.2) is 24.3 Å². The summed E-state index contributed by atoms with van der Waals surface area (Å²) in [5.74, 6) is 1.99. The predicted molar refractivity (Wildman–Crippen MR) is 97.3 cm³/mol. The maximum atomic E-state index is 11.6. The van der Waals surface area contributed by atoms with Gasteiger partial charge in [-0.05, 0) is 37.1 Å². The number of aromatic nitrogens is 3. The van der Waals surface area contributed by atoms with E-state index in [-0.39, 0.29) is 11.9 Å². The van der Waals surface area contributed by atoms with Gasteiger partial charge in [-0.15, -0.1) is 0 Å². The van der Waals surface area contributed by atoms with Gasteiger partial charge in [-0.2, -0.15) is 15.0 Å². The zero-order valence-electron chi connectivity index (χ0n) is 15.1. The third kappa shape index (κ3) is 4.38. The van der Waals surface area contributed by atoms with Crippen LogP contribution in [0.25, 0.3) is 11.4 Å². The van der Waals surface area contributed by atoms with Gasteiger partial charge in [-0.3, -0.25) is 4.79 Å². The smallest absolute Gasteiger partial charge is 0.321 e. The number of hydrogen-bond acceptors (Lipinski definition) is 7. The molecule has 26 heavy (non-hydrogen) atoms. The molecule has 1 aromatic heterocycles. The summed E-state index contributed by atoms with van der Waals surface area (Å²) in [6.07, 6.45) is 2.46. The Bertz CT molecular complexity index is 751. The van der Waals surface area contributed by atoms with Crippen LogP contribution in [-0.4, -0.2) is 59.6 Å². The van der Waals surface area contributed by atoms with Crippen molar-refractivity contribution in [1.82, 2.24) is 19.9 Å². The van der Waals surface area contributed by atoms with Crippen molar-refractivity contribution < 1.29 is 14.3 Å². The highest BCUT2D eigenvalue weighted by atomic mass is 16.5. The van der Waals surface area contributed by atoms with Crippen LogP contribution in [0.2, 0.25) is 0 Å². The number of likely N-dealkylation sites (tertiary alicyclic amines) is 1. The summed E-state index contributed by atoms with van der Waals surface area (Å²) in [5, 5.41) is 3.19. The number of benzene rings is 1. The summed E-state index contributed by atoms with van der Waals surface area (Å²) in [6.45, 7) is 2.28. The molecule has 1 saturated heterocycles. The lowest BCUT2D eigenvalue weighted by Crippen LogP contribution is -2.27. The monoisotopic (exact) mass is 357 g/mol. The van der Waals surface area contributed by atoms with Crippen LogP contribution in [0.1, 0.15) is 19.3 Å². The second-order valence-corrected chi connectivity index (χ2v) is 5.96. The molecule has 138 valence electrons. The number of anilines is 1. The third-order valence-electron chi connectivity index (χ3n) is 4.20. The average Bonchev–Trinajstić information content (AvgIpc) is 3.10. The molecule has 2 aromatic rings. The molecule has 0 atom stereocenters. The maximum Gasteiger partial charge on any atom is 0.321 e. The minimum absolute atomic E-state index is 0.244. The fourth-order valence-electron chi connectivity index (χ4n) is 2.81. The fraction of sp³-hybridized carbons (Fsp3) is 0.444. The SMILES string of the molecule is COc1ccc(-c2nc(NCCCN3CCCC3=O)nc(OC)n2)cc1. The van der Waals surface area contributed by atoms with E-state index >= 15 is 0 Å². The molecule has 0 bridgehead atoms. The Labute approximate surface area is 152 Å². The van der Waals surface area contributed by atoms with Crippen molar-refractivity contribution in [1.29, 1.82) is 0 Å². The first-order valence-electron chi connectivity index (χ1n) is 8.66. The normalized spacial score (nSPS) is 13.8. The van der Waals surface area contributed by atoms with Crippen molar-refractivity contribution in [2.45, 2.75) is 19.3 Å². The van der Waals surface area contributed by atoms with E-state index in [1.54, 1.807) is 7.11 Å². The van der Waals surface area contributed by atoms with Crippen molar-refractivity contribution >= 4 is 11.9 Å². The van der Waals surface area contributed by atoms with Gasteiger partial charge in [0.1, 0.15) is 5.75 Å². The average molecular weight is 357 g/mol. The van der Waals surface area contributed by atoms with E-state index in [1.807, 2.05) is 29.2 Å². The van der Waals surface area contributed by atoms with Gasteiger partial charge in [0.25, 0.3) is 0 Å². The molecule has 1 N–H and O–H groups in total. The Kier molecular flexibility index (Phi) is 5.83. The number of ether oxygens (including phenoxy) is 2. The van der Waals surface area contributed by atoms with Crippen LogP contribution in [0, 0.1) is 0 Å². The van der Waals surface area contributed by atoms with Crippen LogP contribution in [0.4, 0.5) is 5.95 Å². The number of carbonyl (C=O) groups excluding carboxylic acids is 1. The van der Waals surface area contributed by atoms with Crippen molar-refractivity contribution in [3.05, 3.63) is 24.3 Å². The van der Waals surface area contributed by atoms with Gasteiger partial charge in [0.05, 0.1) is 14.2 Å². The first-order valence-corrected chi connectivity index (χ1v) is 8.66. The van der Waals surface area contributed by atoms with E-state index < -0.39 is 0 Å². The second kappa shape index (κ2) is 8.46. The number of hydrogen-bond donors (Lipinski definition) is 1. The zero-order chi connectivity index (χ0) is 18.4. The maximum absolute atomic E-state index is 11.6. The zero-order valence-corrected chi connectivity index (χ0v) is 15.1. The number of rotatable bonds is 8. The highest BCUT2D eigenvalue weighted by molar-refractivity contribution is 5.78. The second-order valence-electron chi connectivity index (χ2n) is 5.96. The highest BCUT2D eigenvalue weighted by Gasteiger charge is 2.19. The topological polar surface area (TPSA) is 89.5 Å². The molecular formula is C18H23N5O3. The molecule has 1 aromatic carbocycles. The van der Waals surface area contributed by atoms with Crippen LogP contribution >= 0.6 is 0 Å². The Morgan fingerprint density at radius 1 is 1.12 bits per heavy atom. The minimum Gasteiger partial charge on any atom is -0.497 e. The van der Waals surface area contributed by atoms with E-state index in [9.17, 15) is 4.79 Å². The number of amides is 1. The summed E-state index contributed by atoms with van der Waals surface area (Å²) in [5.41, 5.74) is 0.845. The molecular weight excluding hydrogens is 334 g/mol. The Hall–Kier alpha value is -2.90. The van der Waals surface area contributed by atoms with E-state index in [4.69, 9.17) is 9.47 Å². The fourth-order valence-corrected chi connectivity index (χ4v) is 2.81. The lowest BCUT2D eigenvalue weighted by atomic mass is 10.2. The molecule has 2 heterocycles. The van der Waals surface area contributed by atoms with Crippen LogP contribution in [-0.2, 0) is 4.79 Å². The van der Waals surface area contributed by atoms with Gasteiger partial charge in [-0.25, -0.2) is 0 Å².